The first-order chi connectivity index (χ1) is 9.24. The van der Waals surface area contributed by atoms with Gasteiger partial charge in [0.2, 0.25) is 0 Å². The molecule has 0 aliphatic carbocycles. The lowest BCUT2D eigenvalue weighted by Gasteiger charge is -2.20. The normalized spacial score (nSPS) is 22.1. The Morgan fingerprint density at radius 2 is 2.15 bits per heavy atom. The largest absolute Gasteiger partial charge is 0.481 e. The van der Waals surface area contributed by atoms with Crippen molar-refractivity contribution in [3.8, 4) is 0 Å². The van der Waals surface area contributed by atoms with Crippen LogP contribution in [0.15, 0.2) is 15.3 Å². The fraction of sp³-hybridized carbons (Fsp3) is 0.462. The molecule has 1 unspecified atom stereocenters. The second-order valence-electron chi connectivity index (χ2n) is 5.33. The minimum absolute atomic E-state index is 0.0251. The van der Waals surface area contributed by atoms with Crippen LogP contribution in [-0.4, -0.2) is 40.0 Å². The average molecular weight is 343 g/mol. The molecule has 0 aromatic carbocycles. The van der Waals surface area contributed by atoms with Crippen molar-refractivity contribution in [2.75, 3.05) is 13.1 Å². The highest BCUT2D eigenvalue weighted by atomic mass is 79.9. The van der Waals surface area contributed by atoms with Crippen LogP contribution in [0.3, 0.4) is 0 Å². The molecule has 1 saturated heterocycles. The zero-order valence-electron chi connectivity index (χ0n) is 11.2. The van der Waals surface area contributed by atoms with Crippen molar-refractivity contribution in [2.24, 2.45) is 5.41 Å². The first kappa shape index (κ1) is 14.8. The van der Waals surface area contributed by atoms with Crippen LogP contribution in [-0.2, 0) is 4.79 Å². The Hall–Kier alpha value is -1.63. The molecular weight excluding hydrogens is 328 g/mol. The molecule has 1 aromatic rings. The zero-order chi connectivity index (χ0) is 15.1. The maximum atomic E-state index is 12.3. The molecule has 0 saturated carbocycles. The Morgan fingerprint density at radius 3 is 2.70 bits per heavy atom. The van der Waals surface area contributed by atoms with E-state index in [9.17, 15) is 14.4 Å². The van der Waals surface area contributed by atoms with Gasteiger partial charge in [-0.05, 0) is 42.3 Å². The van der Waals surface area contributed by atoms with E-state index in [1.165, 1.54) is 11.0 Å². The number of H-pyrrole nitrogens is 1. The van der Waals surface area contributed by atoms with Gasteiger partial charge in [0, 0.05) is 23.3 Å². The van der Waals surface area contributed by atoms with Gasteiger partial charge in [0.15, 0.2) is 0 Å². The number of nitrogens with one attached hydrogen (secondary N) is 1. The third-order valence-electron chi connectivity index (χ3n) is 3.68. The van der Waals surface area contributed by atoms with Crippen molar-refractivity contribution in [3.05, 3.63) is 32.2 Å². The van der Waals surface area contributed by atoms with Gasteiger partial charge in [-0.1, -0.05) is 0 Å². The topological polar surface area (TPSA) is 90.5 Å². The number of pyridine rings is 1. The van der Waals surface area contributed by atoms with Crippen LogP contribution < -0.4 is 5.56 Å². The van der Waals surface area contributed by atoms with Gasteiger partial charge in [-0.2, -0.15) is 0 Å². The fourth-order valence-corrected chi connectivity index (χ4v) is 2.56. The quantitative estimate of drug-likeness (QED) is 0.849. The SMILES string of the molecule is Cc1[nH]c(=O)c(C(=O)N2CCC(C)(C(=O)O)C2)cc1Br. The molecule has 6 nitrogen and oxygen atoms in total. The molecule has 2 N–H and O–H groups in total. The molecule has 1 atom stereocenters. The summed E-state index contributed by atoms with van der Waals surface area (Å²) in [5, 5.41) is 9.16. The Morgan fingerprint density at radius 1 is 1.50 bits per heavy atom. The molecule has 1 fully saturated rings. The standard InChI is InChI=1S/C13H15BrN2O4/c1-7-9(14)5-8(10(17)15-7)11(18)16-4-3-13(2,6-16)12(19)20/h5H,3-4,6H2,1-2H3,(H,15,17)(H,19,20). The third-order valence-corrected chi connectivity index (χ3v) is 4.51. The third kappa shape index (κ3) is 2.49. The molecule has 0 spiro atoms. The molecular formula is C13H15BrN2O4. The van der Waals surface area contributed by atoms with Gasteiger partial charge in [-0.15, -0.1) is 0 Å². The van der Waals surface area contributed by atoms with Gasteiger partial charge in [0.25, 0.3) is 11.5 Å². The minimum atomic E-state index is -0.940. The van der Waals surface area contributed by atoms with E-state index in [1.807, 2.05) is 0 Å². The predicted octanol–water partition coefficient (Wildman–Crippen LogP) is 1.38. The molecule has 7 heteroatoms. The van der Waals surface area contributed by atoms with E-state index in [1.54, 1.807) is 13.8 Å². The number of rotatable bonds is 2. The molecule has 1 aliphatic heterocycles. The van der Waals surface area contributed by atoms with Gasteiger partial charge in [0.1, 0.15) is 5.56 Å². The number of aromatic amines is 1. The number of nitrogens with zero attached hydrogens (tertiary/aromatic N) is 1. The summed E-state index contributed by atoms with van der Waals surface area (Å²) in [6, 6.07) is 1.48. The lowest BCUT2D eigenvalue weighted by atomic mass is 9.90. The van der Waals surface area contributed by atoms with Crippen LogP contribution in [0, 0.1) is 12.3 Å². The van der Waals surface area contributed by atoms with Gasteiger partial charge < -0.3 is 15.0 Å². The molecule has 2 heterocycles. The van der Waals surface area contributed by atoms with E-state index in [2.05, 4.69) is 20.9 Å². The lowest BCUT2D eigenvalue weighted by molar-refractivity contribution is -0.147. The van der Waals surface area contributed by atoms with Crippen LogP contribution in [0.1, 0.15) is 29.4 Å². The number of aromatic nitrogens is 1. The highest BCUT2D eigenvalue weighted by molar-refractivity contribution is 9.10. The molecule has 1 aromatic heterocycles. The second kappa shape index (κ2) is 5.05. The fourth-order valence-electron chi connectivity index (χ4n) is 2.24. The average Bonchev–Trinajstić information content (AvgIpc) is 2.77. The van der Waals surface area contributed by atoms with Gasteiger partial charge in [0.05, 0.1) is 5.41 Å². The highest BCUT2D eigenvalue weighted by Gasteiger charge is 2.42. The summed E-state index contributed by atoms with van der Waals surface area (Å²) >= 11 is 3.27. The molecule has 0 radical (unpaired) electrons. The zero-order valence-corrected chi connectivity index (χ0v) is 12.8. The van der Waals surface area contributed by atoms with Crippen molar-refractivity contribution in [1.29, 1.82) is 0 Å². The number of likely N-dealkylation sites (tertiary alicyclic amines) is 1. The first-order valence-corrected chi connectivity index (χ1v) is 6.96. The number of amides is 1. The number of carboxylic acids is 1. The number of carboxylic acid groups (broad SMARTS) is 1. The maximum absolute atomic E-state index is 12.3. The number of aliphatic carboxylic acids is 1. The van der Waals surface area contributed by atoms with E-state index in [0.717, 1.165) is 0 Å². The van der Waals surface area contributed by atoms with Gasteiger partial charge in [-0.25, -0.2) is 0 Å². The van der Waals surface area contributed by atoms with E-state index in [-0.39, 0.29) is 12.1 Å². The van der Waals surface area contributed by atoms with Crippen LogP contribution in [0.2, 0.25) is 0 Å². The number of halogens is 1. The Labute approximate surface area is 123 Å². The summed E-state index contributed by atoms with van der Waals surface area (Å²) < 4.78 is 0.639. The number of carbonyl (C=O) groups excluding carboxylic acids is 1. The monoisotopic (exact) mass is 342 g/mol. The Bertz CT molecular complexity index is 640. The highest BCUT2D eigenvalue weighted by Crippen LogP contribution is 2.30. The van der Waals surface area contributed by atoms with Crippen molar-refractivity contribution >= 4 is 27.8 Å². The van der Waals surface area contributed by atoms with Crippen LogP contribution in [0.5, 0.6) is 0 Å². The molecule has 2 rings (SSSR count). The number of aryl methyl sites for hydroxylation is 1. The van der Waals surface area contributed by atoms with E-state index in [0.29, 0.717) is 23.1 Å². The number of hydrogen-bond acceptors (Lipinski definition) is 3. The molecule has 1 amide bonds. The van der Waals surface area contributed by atoms with E-state index < -0.39 is 22.9 Å². The summed E-state index contributed by atoms with van der Waals surface area (Å²) in [6.07, 6.45) is 0.388. The van der Waals surface area contributed by atoms with Crippen molar-refractivity contribution in [2.45, 2.75) is 20.3 Å². The maximum Gasteiger partial charge on any atom is 0.311 e. The Kier molecular flexibility index (Phi) is 3.73. The van der Waals surface area contributed by atoms with Crippen molar-refractivity contribution in [1.82, 2.24) is 9.88 Å². The molecule has 1 aliphatic rings. The van der Waals surface area contributed by atoms with E-state index >= 15 is 0 Å². The van der Waals surface area contributed by atoms with Crippen LogP contribution >= 0.6 is 15.9 Å². The van der Waals surface area contributed by atoms with Gasteiger partial charge in [-0.3, -0.25) is 14.4 Å². The summed E-state index contributed by atoms with van der Waals surface area (Å²) in [6.45, 7) is 3.79. The second-order valence-corrected chi connectivity index (χ2v) is 6.18. The molecule has 0 bridgehead atoms. The summed E-state index contributed by atoms with van der Waals surface area (Å²) in [7, 11) is 0. The van der Waals surface area contributed by atoms with E-state index in [4.69, 9.17) is 5.11 Å². The summed E-state index contributed by atoms with van der Waals surface area (Å²) in [4.78, 5) is 39.4. The van der Waals surface area contributed by atoms with Gasteiger partial charge >= 0.3 is 5.97 Å². The lowest BCUT2D eigenvalue weighted by Crippen LogP contribution is -2.37. The van der Waals surface area contributed by atoms with Crippen LogP contribution in [0.4, 0.5) is 0 Å². The number of carbonyl (C=O) groups is 2. The minimum Gasteiger partial charge on any atom is -0.481 e. The Balaban J connectivity index is 2.28. The summed E-state index contributed by atoms with van der Waals surface area (Å²) in [5.41, 5.74) is -0.732. The molecule has 20 heavy (non-hydrogen) atoms. The summed E-state index contributed by atoms with van der Waals surface area (Å²) in [5.74, 6) is -1.36. The predicted molar refractivity (Wildman–Crippen MR) is 75.8 cm³/mol. The van der Waals surface area contributed by atoms with Crippen molar-refractivity contribution < 1.29 is 14.7 Å². The first-order valence-electron chi connectivity index (χ1n) is 6.17. The smallest absolute Gasteiger partial charge is 0.311 e. The number of hydrogen-bond donors (Lipinski definition) is 2. The van der Waals surface area contributed by atoms with Crippen LogP contribution in [0.25, 0.3) is 0 Å². The van der Waals surface area contributed by atoms with Crippen molar-refractivity contribution in [3.63, 3.8) is 0 Å². The molecule has 108 valence electrons.